The first-order chi connectivity index (χ1) is 9.81. The zero-order valence-electron chi connectivity index (χ0n) is 12.4. The molecule has 3 rings (SSSR count). The van der Waals surface area contributed by atoms with Crippen molar-refractivity contribution in [3.05, 3.63) is 29.8 Å². The molecule has 20 heavy (non-hydrogen) atoms. The molecule has 2 heteroatoms. The van der Waals surface area contributed by atoms with E-state index in [4.69, 9.17) is 0 Å². The molecule has 1 heterocycles. The molecule has 1 fully saturated rings. The van der Waals surface area contributed by atoms with E-state index in [-0.39, 0.29) is 5.92 Å². The lowest BCUT2D eigenvalue weighted by Gasteiger charge is -2.34. The first-order valence-corrected chi connectivity index (χ1v) is 8.17. The summed E-state index contributed by atoms with van der Waals surface area (Å²) < 4.78 is 0. The predicted molar refractivity (Wildman–Crippen MR) is 83.0 cm³/mol. The first kappa shape index (κ1) is 13.7. The Bertz CT molecular complexity index is 482. The van der Waals surface area contributed by atoms with Crippen molar-refractivity contribution in [3.63, 3.8) is 0 Å². The Morgan fingerprint density at radius 1 is 1.20 bits per heavy atom. The third kappa shape index (κ3) is 2.48. The van der Waals surface area contributed by atoms with Crippen molar-refractivity contribution in [2.24, 2.45) is 11.8 Å². The monoisotopic (exact) mass is 271 g/mol. The van der Waals surface area contributed by atoms with Crippen LogP contribution in [-0.2, 0) is 4.79 Å². The quantitative estimate of drug-likeness (QED) is 0.884. The molecule has 0 spiro atoms. The van der Waals surface area contributed by atoms with Crippen molar-refractivity contribution in [2.75, 3.05) is 11.9 Å². The normalized spacial score (nSPS) is 29.4. The van der Waals surface area contributed by atoms with E-state index in [1.54, 1.807) is 0 Å². The summed E-state index contributed by atoms with van der Waals surface area (Å²) in [5.74, 6) is 1.58. The van der Waals surface area contributed by atoms with Crippen molar-refractivity contribution in [3.8, 4) is 0 Å². The van der Waals surface area contributed by atoms with Gasteiger partial charge in [0.25, 0.3) is 0 Å². The van der Waals surface area contributed by atoms with Crippen LogP contribution >= 0.6 is 0 Å². The molecule has 0 aromatic heterocycles. The summed E-state index contributed by atoms with van der Waals surface area (Å²) >= 11 is 0. The van der Waals surface area contributed by atoms with Gasteiger partial charge in [-0.1, -0.05) is 44.4 Å². The zero-order valence-corrected chi connectivity index (χ0v) is 12.4. The summed E-state index contributed by atoms with van der Waals surface area (Å²) in [4.78, 5) is 13.1. The second-order valence-corrected chi connectivity index (χ2v) is 6.32. The fourth-order valence-electron chi connectivity index (χ4n) is 4.09. The Labute approximate surface area is 122 Å². The molecule has 2 nitrogen and oxygen atoms in total. The molecule has 1 N–H and O–H groups in total. The number of Topliss-reactive ketones (excluding diaryl/α,β-unsaturated/α-hetero) is 1. The average Bonchev–Trinajstić information content (AvgIpc) is 2.53. The molecule has 3 atom stereocenters. The van der Waals surface area contributed by atoms with Crippen molar-refractivity contribution in [2.45, 2.75) is 51.4 Å². The van der Waals surface area contributed by atoms with Gasteiger partial charge in [-0.15, -0.1) is 0 Å². The largest absolute Gasteiger partial charge is 0.385 e. The maximum atomic E-state index is 13.1. The van der Waals surface area contributed by atoms with E-state index in [2.05, 4.69) is 30.4 Å². The number of carbonyl (C=O) groups is 1. The van der Waals surface area contributed by atoms with Crippen LogP contribution in [0.1, 0.15) is 56.9 Å². The minimum atomic E-state index is 0.129. The van der Waals surface area contributed by atoms with E-state index in [1.807, 2.05) is 6.07 Å². The number of para-hydroxylation sites is 1. The number of rotatable bonds is 3. The Kier molecular flexibility index (Phi) is 4.09. The van der Waals surface area contributed by atoms with Crippen LogP contribution in [0.3, 0.4) is 0 Å². The van der Waals surface area contributed by atoms with Crippen molar-refractivity contribution in [1.82, 2.24) is 0 Å². The molecule has 1 aliphatic carbocycles. The highest BCUT2D eigenvalue weighted by Crippen LogP contribution is 2.40. The second kappa shape index (κ2) is 5.99. The third-order valence-corrected chi connectivity index (χ3v) is 5.23. The molecule has 1 aromatic rings. The number of ketones is 1. The lowest BCUT2D eigenvalue weighted by Crippen LogP contribution is -2.33. The number of fused-ring (bicyclic) bond motifs is 1. The second-order valence-electron chi connectivity index (χ2n) is 6.32. The fourth-order valence-corrected chi connectivity index (χ4v) is 4.09. The minimum absolute atomic E-state index is 0.129. The molecule has 2 aliphatic rings. The third-order valence-electron chi connectivity index (χ3n) is 5.23. The van der Waals surface area contributed by atoms with Gasteiger partial charge in [-0.3, -0.25) is 4.79 Å². The molecule has 108 valence electrons. The zero-order chi connectivity index (χ0) is 13.9. The van der Waals surface area contributed by atoms with Crippen molar-refractivity contribution < 1.29 is 4.79 Å². The molecule has 1 aromatic carbocycles. The van der Waals surface area contributed by atoms with Crippen LogP contribution < -0.4 is 5.32 Å². The minimum Gasteiger partial charge on any atom is -0.385 e. The number of nitrogens with one attached hydrogen (secondary N) is 1. The number of hydrogen-bond acceptors (Lipinski definition) is 2. The van der Waals surface area contributed by atoms with Crippen LogP contribution in [0.5, 0.6) is 0 Å². The molecule has 1 aliphatic heterocycles. The average molecular weight is 271 g/mol. The van der Waals surface area contributed by atoms with E-state index in [1.165, 1.54) is 30.5 Å². The maximum Gasteiger partial charge on any atom is 0.143 e. The highest BCUT2D eigenvalue weighted by molar-refractivity contribution is 5.90. The molecule has 3 unspecified atom stereocenters. The summed E-state index contributed by atoms with van der Waals surface area (Å²) in [5.41, 5.74) is 2.39. The summed E-state index contributed by atoms with van der Waals surface area (Å²) in [5, 5.41) is 3.42. The Morgan fingerprint density at radius 3 is 2.85 bits per heavy atom. The Balaban J connectivity index is 1.84. The van der Waals surface area contributed by atoms with Crippen LogP contribution in [0, 0.1) is 11.8 Å². The van der Waals surface area contributed by atoms with Gasteiger partial charge in [0.05, 0.1) is 0 Å². The molecule has 0 bridgehead atoms. The van der Waals surface area contributed by atoms with Gasteiger partial charge in [0.15, 0.2) is 0 Å². The first-order valence-electron chi connectivity index (χ1n) is 8.17. The van der Waals surface area contributed by atoms with E-state index in [9.17, 15) is 4.79 Å². The number of anilines is 1. The predicted octanol–water partition coefficient (Wildman–Crippen LogP) is 4.37. The van der Waals surface area contributed by atoms with Gasteiger partial charge in [0.2, 0.25) is 0 Å². The summed E-state index contributed by atoms with van der Waals surface area (Å²) in [6, 6.07) is 8.35. The van der Waals surface area contributed by atoms with Gasteiger partial charge in [0, 0.05) is 24.1 Å². The summed E-state index contributed by atoms with van der Waals surface area (Å²) in [7, 11) is 0. The highest BCUT2D eigenvalue weighted by Gasteiger charge is 2.36. The van der Waals surface area contributed by atoms with Crippen LogP contribution in [0.15, 0.2) is 24.3 Å². The molecular weight excluding hydrogens is 246 g/mol. The van der Waals surface area contributed by atoms with E-state index in [0.29, 0.717) is 17.6 Å². The Hall–Kier alpha value is -1.31. The van der Waals surface area contributed by atoms with Crippen LogP contribution in [-0.4, -0.2) is 12.3 Å². The van der Waals surface area contributed by atoms with E-state index in [0.717, 1.165) is 25.8 Å². The molecular formula is C18H25NO. The van der Waals surface area contributed by atoms with Gasteiger partial charge < -0.3 is 5.32 Å². The van der Waals surface area contributed by atoms with Gasteiger partial charge in [-0.05, 0) is 36.8 Å². The molecule has 1 saturated carbocycles. The van der Waals surface area contributed by atoms with Crippen LogP contribution in [0.4, 0.5) is 5.69 Å². The van der Waals surface area contributed by atoms with Crippen molar-refractivity contribution in [1.29, 1.82) is 0 Å². The van der Waals surface area contributed by atoms with Gasteiger partial charge in [-0.2, -0.15) is 0 Å². The van der Waals surface area contributed by atoms with E-state index >= 15 is 0 Å². The van der Waals surface area contributed by atoms with Gasteiger partial charge in [0.1, 0.15) is 5.78 Å². The standard InChI is InChI=1S/C18H25NO/c1-2-13-7-3-4-8-14(13)18(20)16-11-12-19-17-10-6-5-9-15(16)17/h5-6,9-10,13-14,16,19H,2-4,7-8,11-12H2,1H3. The summed E-state index contributed by atoms with van der Waals surface area (Å²) in [6.07, 6.45) is 7.03. The van der Waals surface area contributed by atoms with Crippen LogP contribution in [0.2, 0.25) is 0 Å². The van der Waals surface area contributed by atoms with Crippen LogP contribution in [0.25, 0.3) is 0 Å². The number of benzene rings is 1. The lowest BCUT2D eigenvalue weighted by molar-refractivity contribution is -0.127. The van der Waals surface area contributed by atoms with Crippen molar-refractivity contribution >= 4 is 11.5 Å². The number of carbonyl (C=O) groups excluding carboxylic acids is 1. The highest BCUT2D eigenvalue weighted by atomic mass is 16.1. The number of hydrogen-bond donors (Lipinski definition) is 1. The fraction of sp³-hybridized carbons (Fsp3) is 0.611. The molecule has 0 saturated heterocycles. The Morgan fingerprint density at radius 2 is 2.00 bits per heavy atom. The molecule has 0 amide bonds. The lowest BCUT2D eigenvalue weighted by atomic mass is 9.71. The molecule has 0 radical (unpaired) electrons. The topological polar surface area (TPSA) is 29.1 Å². The SMILES string of the molecule is CCC1CCCCC1C(=O)C1CCNc2ccccc21. The summed E-state index contributed by atoms with van der Waals surface area (Å²) in [6.45, 7) is 3.17. The smallest absolute Gasteiger partial charge is 0.143 e. The maximum absolute atomic E-state index is 13.1. The van der Waals surface area contributed by atoms with Gasteiger partial charge >= 0.3 is 0 Å². The van der Waals surface area contributed by atoms with E-state index < -0.39 is 0 Å². The van der Waals surface area contributed by atoms with Gasteiger partial charge in [-0.25, -0.2) is 0 Å².